The molecule has 200 valence electrons. The summed E-state index contributed by atoms with van der Waals surface area (Å²) in [7, 11) is 0. The third kappa shape index (κ3) is 6.41. The van der Waals surface area contributed by atoms with Crippen LogP contribution in [0.1, 0.15) is 30.9 Å². The molecule has 2 aliphatic heterocycles. The molecule has 1 saturated heterocycles. The normalized spacial score (nSPS) is 21.3. The van der Waals surface area contributed by atoms with Gasteiger partial charge in [0.1, 0.15) is 17.5 Å². The fraction of sp³-hybridized carbons (Fsp3) is 0.550. The molecule has 16 heteroatoms. The predicted octanol–water partition coefficient (Wildman–Crippen LogP) is 3.76. The van der Waals surface area contributed by atoms with Crippen molar-refractivity contribution >= 4 is 12.0 Å². The van der Waals surface area contributed by atoms with Crippen LogP contribution in [0.3, 0.4) is 0 Å². The van der Waals surface area contributed by atoms with Crippen molar-refractivity contribution in [3.8, 4) is 11.5 Å². The molecule has 3 rings (SSSR count). The Bertz CT molecular complexity index is 1040. The molecule has 1 aromatic carbocycles. The second kappa shape index (κ2) is 10.3. The van der Waals surface area contributed by atoms with Gasteiger partial charge in [-0.05, 0) is 43.5 Å². The first-order chi connectivity index (χ1) is 16.7. The Balaban J connectivity index is 1.81. The Kier molecular flexibility index (Phi) is 7.76. The SMILES string of the molecule is Cc1cc(OC(F)(F)F)cc2c1O[C@H](C(F)(F)F)C(C(=O)OC(C)O/N=[N+](\[O-])N1CCC[C@H]1CO)=C2. The molecule has 36 heavy (non-hydrogen) atoms. The molecule has 1 unspecified atom stereocenters. The van der Waals surface area contributed by atoms with Gasteiger partial charge in [-0.15, -0.1) is 18.2 Å². The van der Waals surface area contributed by atoms with E-state index in [1.54, 1.807) is 0 Å². The quantitative estimate of drug-likeness (QED) is 0.142. The van der Waals surface area contributed by atoms with Gasteiger partial charge in [0, 0.05) is 12.5 Å². The van der Waals surface area contributed by atoms with Crippen LogP contribution in [-0.4, -0.2) is 65.2 Å². The monoisotopic (exact) mass is 529 g/mol. The number of aryl methyl sites for hydroxylation is 1. The Morgan fingerprint density at radius 1 is 1.33 bits per heavy atom. The lowest BCUT2D eigenvalue weighted by Crippen LogP contribution is -2.41. The number of halogens is 6. The van der Waals surface area contributed by atoms with Crippen LogP contribution in [-0.2, 0) is 14.4 Å². The molecule has 3 atom stereocenters. The topological polar surface area (TPSA) is 116 Å². The molecule has 0 spiro atoms. The number of fused-ring (bicyclic) bond motifs is 1. The maximum atomic E-state index is 13.6. The van der Waals surface area contributed by atoms with Gasteiger partial charge in [-0.25, -0.2) is 4.79 Å². The number of hydrazine groups is 1. The number of hydrogen-bond acceptors (Lipinski definition) is 8. The molecule has 0 aliphatic carbocycles. The third-order valence-corrected chi connectivity index (χ3v) is 5.19. The standard InChI is InChI=1S/C20H21F6N3O7/c1-10-6-14(35-20(24,25)26)7-12-8-15(17(19(21,22)23)34-16(10)12)18(31)33-11(2)36-27-29(32)28-5-3-4-13(28)9-30/h6-8,11,13,17,30H,3-5,9H2,1-2H3/b29-27-/t11?,13-,17-/m0/s1. The second-order valence-corrected chi connectivity index (χ2v) is 7.90. The minimum absolute atomic E-state index is 0.0287. The highest BCUT2D eigenvalue weighted by Gasteiger charge is 2.49. The van der Waals surface area contributed by atoms with Crippen molar-refractivity contribution in [2.75, 3.05) is 13.2 Å². The Labute approximate surface area is 199 Å². The fourth-order valence-electron chi connectivity index (χ4n) is 3.69. The van der Waals surface area contributed by atoms with Crippen molar-refractivity contribution in [2.24, 2.45) is 5.28 Å². The molecule has 0 aromatic heterocycles. The van der Waals surface area contributed by atoms with Crippen LogP contribution >= 0.6 is 0 Å². The zero-order valence-electron chi connectivity index (χ0n) is 18.8. The van der Waals surface area contributed by atoms with Crippen LogP contribution < -0.4 is 9.47 Å². The molecular formula is C20H21F6N3O7. The summed E-state index contributed by atoms with van der Waals surface area (Å²) in [4.78, 5) is 17.3. The summed E-state index contributed by atoms with van der Waals surface area (Å²) < 4.78 is 92.2. The Hall–Kier alpha value is -3.43. The molecule has 0 saturated carbocycles. The minimum atomic E-state index is -5.09. The predicted molar refractivity (Wildman–Crippen MR) is 106 cm³/mol. The number of aliphatic hydroxyl groups excluding tert-OH is 1. The van der Waals surface area contributed by atoms with E-state index >= 15 is 0 Å². The van der Waals surface area contributed by atoms with E-state index in [1.807, 2.05) is 0 Å². The van der Waals surface area contributed by atoms with Crippen LogP contribution in [0.15, 0.2) is 23.0 Å². The number of aliphatic hydroxyl groups is 1. The number of carbonyl (C=O) groups is 1. The van der Waals surface area contributed by atoms with Crippen LogP contribution in [0.25, 0.3) is 6.08 Å². The number of alkyl halides is 6. The van der Waals surface area contributed by atoms with Crippen molar-refractivity contribution in [3.05, 3.63) is 34.0 Å². The molecule has 1 fully saturated rings. The molecule has 0 amide bonds. The fourth-order valence-corrected chi connectivity index (χ4v) is 3.69. The number of ether oxygens (including phenoxy) is 3. The van der Waals surface area contributed by atoms with E-state index in [2.05, 4.69) is 10.0 Å². The van der Waals surface area contributed by atoms with E-state index in [0.29, 0.717) is 18.9 Å². The van der Waals surface area contributed by atoms with E-state index in [4.69, 9.17) is 14.3 Å². The molecule has 1 aromatic rings. The van der Waals surface area contributed by atoms with E-state index in [9.17, 15) is 41.5 Å². The molecule has 10 nitrogen and oxygen atoms in total. The van der Waals surface area contributed by atoms with Crippen LogP contribution in [0.5, 0.6) is 11.5 Å². The van der Waals surface area contributed by atoms with Crippen molar-refractivity contribution in [2.45, 2.75) is 57.7 Å². The Morgan fingerprint density at radius 3 is 2.64 bits per heavy atom. The van der Waals surface area contributed by atoms with Gasteiger partial charge in [-0.1, -0.05) is 0 Å². The van der Waals surface area contributed by atoms with E-state index < -0.39 is 54.0 Å². The first-order valence-corrected chi connectivity index (χ1v) is 10.5. The summed E-state index contributed by atoms with van der Waals surface area (Å²) in [6, 6.07) is 1.10. The molecule has 0 radical (unpaired) electrons. The van der Waals surface area contributed by atoms with E-state index in [0.717, 1.165) is 24.1 Å². The number of benzene rings is 1. The summed E-state index contributed by atoms with van der Waals surface area (Å²) >= 11 is 0. The number of rotatable bonds is 7. The van der Waals surface area contributed by atoms with Gasteiger partial charge in [0.05, 0.1) is 23.7 Å². The maximum absolute atomic E-state index is 13.6. The van der Waals surface area contributed by atoms with Crippen molar-refractivity contribution in [1.82, 2.24) is 5.01 Å². The molecule has 2 heterocycles. The van der Waals surface area contributed by atoms with Crippen molar-refractivity contribution in [1.29, 1.82) is 0 Å². The Morgan fingerprint density at radius 2 is 2.03 bits per heavy atom. The molecule has 1 N–H and O–H groups in total. The van der Waals surface area contributed by atoms with Crippen LogP contribution in [0.4, 0.5) is 26.3 Å². The summed E-state index contributed by atoms with van der Waals surface area (Å²) in [6.07, 6.45) is -12.8. The smallest absolute Gasteiger partial charge is 0.569 e. The third-order valence-electron chi connectivity index (χ3n) is 5.19. The second-order valence-electron chi connectivity index (χ2n) is 7.90. The van der Waals surface area contributed by atoms with Gasteiger partial charge in [0.25, 0.3) is 6.29 Å². The van der Waals surface area contributed by atoms with Gasteiger partial charge < -0.3 is 24.5 Å². The molecular weight excluding hydrogens is 508 g/mol. The largest absolute Gasteiger partial charge is 0.573 e. The van der Waals surface area contributed by atoms with Crippen LogP contribution in [0, 0.1) is 12.1 Å². The first-order valence-electron chi connectivity index (χ1n) is 10.5. The van der Waals surface area contributed by atoms with Crippen molar-refractivity contribution < 1.29 is 60.3 Å². The summed E-state index contributed by atoms with van der Waals surface area (Å²) in [5.41, 5.74) is -1.46. The van der Waals surface area contributed by atoms with E-state index in [-0.39, 0.29) is 29.2 Å². The lowest BCUT2D eigenvalue weighted by atomic mass is 9.99. The number of nitrogens with zero attached hydrogens (tertiary/aromatic N) is 3. The van der Waals surface area contributed by atoms with Gasteiger partial charge in [-0.2, -0.15) is 13.2 Å². The van der Waals surface area contributed by atoms with Gasteiger partial charge >= 0.3 is 18.5 Å². The maximum Gasteiger partial charge on any atom is 0.573 e. The van der Waals surface area contributed by atoms with E-state index in [1.165, 1.54) is 6.92 Å². The van der Waals surface area contributed by atoms with Gasteiger partial charge in [0.15, 0.2) is 0 Å². The lowest BCUT2D eigenvalue weighted by molar-refractivity contribution is -0.716. The van der Waals surface area contributed by atoms with Gasteiger partial charge in [-0.3, -0.25) is 4.84 Å². The number of hydrogen-bond donors (Lipinski definition) is 1. The number of carbonyl (C=O) groups excluding carboxylic acids is 1. The molecule has 0 bridgehead atoms. The average Bonchev–Trinajstić information content (AvgIpc) is 3.24. The highest BCUT2D eigenvalue weighted by Crippen LogP contribution is 2.41. The lowest BCUT2D eigenvalue weighted by Gasteiger charge is -2.29. The summed E-state index contributed by atoms with van der Waals surface area (Å²) in [6.45, 7) is 2.23. The van der Waals surface area contributed by atoms with Crippen molar-refractivity contribution in [3.63, 3.8) is 0 Å². The first kappa shape index (κ1) is 27.2. The average molecular weight is 529 g/mol. The van der Waals surface area contributed by atoms with Crippen LogP contribution in [0.2, 0.25) is 0 Å². The summed E-state index contributed by atoms with van der Waals surface area (Å²) in [5, 5.41) is 25.6. The highest BCUT2D eigenvalue weighted by molar-refractivity contribution is 5.96. The highest BCUT2D eigenvalue weighted by atomic mass is 19.4. The summed E-state index contributed by atoms with van der Waals surface area (Å²) in [5.74, 6) is -2.70. The zero-order valence-corrected chi connectivity index (χ0v) is 18.8. The zero-order chi connectivity index (χ0) is 26.8. The molecule has 2 aliphatic rings. The number of esters is 1. The van der Waals surface area contributed by atoms with Gasteiger partial charge in [0.2, 0.25) is 11.4 Å². The minimum Gasteiger partial charge on any atom is -0.569 e.